The molecule has 104 valence electrons. The number of nitro benzene ring substituents is 1. The summed E-state index contributed by atoms with van der Waals surface area (Å²) in [6, 6.07) is 2.44. The highest BCUT2D eigenvalue weighted by molar-refractivity contribution is 5.90. The Bertz CT molecular complexity index is 501. The Balaban J connectivity index is 3.43. The Morgan fingerprint density at radius 3 is 2.53 bits per heavy atom. The van der Waals surface area contributed by atoms with Crippen LogP contribution in [0.25, 0.3) is 0 Å². The Labute approximate surface area is 110 Å². The number of hydrogen-bond acceptors (Lipinski definition) is 5. The molecule has 1 aromatic rings. The van der Waals surface area contributed by atoms with Crippen molar-refractivity contribution in [3.63, 3.8) is 0 Å². The maximum absolute atomic E-state index is 11.0. The molecule has 0 aliphatic carbocycles. The van der Waals surface area contributed by atoms with Gasteiger partial charge in [-0.2, -0.15) is 0 Å². The lowest BCUT2D eigenvalue weighted by Gasteiger charge is -2.24. The topological polar surface area (TPSA) is 104 Å². The van der Waals surface area contributed by atoms with Gasteiger partial charge in [-0.1, -0.05) is 0 Å². The third kappa shape index (κ3) is 3.19. The number of benzene rings is 1. The van der Waals surface area contributed by atoms with Gasteiger partial charge in [0.15, 0.2) is 0 Å². The van der Waals surface area contributed by atoms with Gasteiger partial charge in [-0.25, -0.2) is 4.79 Å². The molecule has 0 atom stereocenters. The van der Waals surface area contributed by atoms with Crippen LogP contribution in [0.1, 0.15) is 22.8 Å². The molecule has 0 amide bonds. The van der Waals surface area contributed by atoms with E-state index in [-0.39, 0.29) is 24.4 Å². The van der Waals surface area contributed by atoms with Crippen LogP contribution in [0.2, 0.25) is 0 Å². The second-order valence-electron chi connectivity index (χ2n) is 4.01. The van der Waals surface area contributed by atoms with Crippen molar-refractivity contribution in [2.45, 2.75) is 13.8 Å². The lowest BCUT2D eigenvalue weighted by molar-refractivity contribution is -0.385. The van der Waals surface area contributed by atoms with Crippen LogP contribution in [0, 0.1) is 17.0 Å². The number of anilines is 1. The van der Waals surface area contributed by atoms with Crippen molar-refractivity contribution in [2.75, 3.05) is 24.6 Å². The van der Waals surface area contributed by atoms with Crippen molar-refractivity contribution in [3.8, 4) is 0 Å². The van der Waals surface area contributed by atoms with Crippen molar-refractivity contribution in [1.82, 2.24) is 0 Å². The van der Waals surface area contributed by atoms with Crippen LogP contribution in [0.3, 0.4) is 0 Å². The van der Waals surface area contributed by atoms with E-state index >= 15 is 0 Å². The quantitative estimate of drug-likeness (QED) is 0.597. The van der Waals surface area contributed by atoms with Crippen molar-refractivity contribution in [2.24, 2.45) is 0 Å². The molecule has 1 aromatic carbocycles. The summed E-state index contributed by atoms with van der Waals surface area (Å²) in [6.07, 6.45) is 0. The molecule has 0 aliphatic rings. The molecule has 2 N–H and O–H groups in total. The molecular weight excluding hydrogens is 252 g/mol. The summed E-state index contributed by atoms with van der Waals surface area (Å²) in [7, 11) is 0. The second kappa shape index (κ2) is 6.14. The molecule has 19 heavy (non-hydrogen) atoms. The van der Waals surface area contributed by atoms with E-state index in [4.69, 9.17) is 10.2 Å². The van der Waals surface area contributed by atoms with E-state index in [2.05, 4.69) is 0 Å². The van der Waals surface area contributed by atoms with E-state index in [0.717, 1.165) is 6.07 Å². The van der Waals surface area contributed by atoms with Crippen LogP contribution in [-0.4, -0.2) is 40.8 Å². The van der Waals surface area contributed by atoms with E-state index in [1.807, 2.05) is 6.92 Å². The van der Waals surface area contributed by atoms with Crippen LogP contribution < -0.4 is 4.90 Å². The summed E-state index contributed by atoms with van der Waals surface area (Å²) in [4.78, 5) is 23.1. The Morgan fingerprint density at radius 2 is 2.11 bits per heavy atom. The highest BCUT2D eigenvalue weighted by atomic mass is 16.6. The smallest absolute Gasteiger partial charge is 0.336 e. The maximum Gasteiger partial charge on any atom is 0.336 e. The number of aliphatic hydroxyl groups excluding tert-OH is 1. The zero-order valence-electron chi connectivity index (χ0n) is 10.8. The average Bonchev–Trinajstić information content (AvgIpc) is 2.35. The number of carboxylic acid groups (broad SMARTS) is 1. The molecule has 0 bridgehead atoms. The second-order valence-corrected chi connectivity index (χ2v) is 4.01. The van der Waals surface area contributed by atoms with Gasteiger partial charge in [0.25, 0.3) is 5.69 Å². The molecule has 1 rings (SSSR count). The highest BCUT2D eigenvalue weighted by Gasteiger charge is 2.21. The molecule has 7 nitrogen and oxygen atoms in total. The van der Waals surface area contributed by atoms with Crippen LogP contribution in [0.15, 0.2) is 12.1 Å². The van der Waals surface area contributed by atoms with Gasteiger partial charge in [-0.05, 0) is 19.9 Å². The molecular formula is C12H16N2O5. The molecule has 0 spiro atoms. The summed E-state index contributed by atoms with van der Waals surface area (Å²) in [5, 5.41) is 28.9. The summed E-state index contributed by atoms with van der Waals surface area (Å²) >= 11 is 0. The number of carbonyl (C=O) groups is 1. The standard InChI is InChI=1S/C12H16N2O5/c1-3-13(4-5-15)10-6-9(12(16)17)7-11(8(10)2)14(18)19/h6-7,15H,3-5H2,1-2H3,(H,16,17). The Hall–Kier alpha value is -2.15. The number of aromatic carboxylic acids is 1. The summed E-state index contributed by atoms with van der Waals surface area (Å²) < 4.78 is 0. The molecule has 7 heteroatoms. The molecule has 0 saturated heterocycles. The number of aliphatic hydroxyl groups is 1. The fourth-order valence-electron chi connectivity index (χ4n) is 1.90. The number of likely N-dealkylation sites (N-methyl/N-ethyl adjacent to an activating group) is 1. The Morgan fingerprint density at radius 1 is 1.47 bits per heavy atom. The number of carboxylic acids is 1. The molecule has 0 radical (unpaired) electrons. The van der Waals surface area contributed by atoms with E-state index in [0.29, 0.717) is 17.8 Å². The highest BCUT2D eigenvalue weighted by Crippen LogP contribution is 2.30. The van der Waals surface area contributed by atoms with Gasteiger partial charge in [0, 0.05) is 24.8 Å². The van der Waals surface area contributed by atoms with E-state index in [1.54, 1.807) is 11.8 Å². The SMILES string of the molecule is CCN(CCO)c1cc(C(=O)O)cc([N+](=O)[O-])c1C. The summed E-state index contributed by atoms with van der Waals surface area (Å²) in [6.45, 7) is 4.09. The zero-order chi connectivity index (χ0) is 14.6. The van der Waals surface area contributed by atoms with Crippen LogP contribution in [0.4, 0.5) is 11.4 Å². The van der Waals surface area contributed by atoms with E-state index < -0.39 is 10.9 Å². The molecule has 0 fully saturated rings. The van der Waals surface area contributed by atoms with Crippen molar-refractivity contribution >= 4 is 17.3 Å². The van der Waals surface area contributed by atoms with Crippen molar-refractivity contribution in [1.29, 1.82) is 0 Å². The fraction of sp³-hybridized carbons (Fsp3) is 0.417. The molecule has 0 aromatic heterocycles. The molecule has 0 aliphatic heterocycles. The summed E-state index contributed by atoms with van der Waals surface area (Å²) in [5.74, 6) is -1.22. The van der Waals surface area contributed by atoms with E-state index in [1.165, 1.54) is 6.07 Å². The van der Waals surface area contributed by atoms with E-state index in [9.17, 15) is 14.9 Å². The van der Waals surface area contributed by atoms with Crippen molar-refractivity contribution in [3.05, 3.63) is 33.4 Å². The monoisotopic (exact) mass is 268 g/mol. The minimum absolute atomic E-state index is 0.113. The van der Waals surface area contributed by atoms with Gasteiger partial charge >= 0.3 is 5.97 Å². The van der Waals surface area contributed by atoms with Crippen molar-refractivity contribution < 1.29 is 19.9 Å². The van der Waals surface area contributed by atoms with Gasteiger partial charge in [0.05, 0.1) is 22.7 Å². The predicted octanol–water partition coefficient (Wildman–Crippen LogP) is 1.42. The minimum Gasteiger partial charge on any atom is -0.478 e. The van der Waals surface area contributed by atoms with Gasteiger partial charge in [-0.3, -0.25) is 10.1 Å². The number of nitro groups is 1. The number of hydrogen-bond donors (Lipinski definition) is 2. The van der Waals surface area contributed by atoms with Crippen LogP contribution in [0.5, 0.6) is 0 Å². The first-order valence-corrected chi connectivity index (χ1v) is 5.80. The predicted molar refractivity (Wildman–Crippen MR) is 69.8 cm³/mol. The third-order valence-electron chi connectivity index (χ3n) is 2.89. The largest absolute Gasteiger partial charge is 0.478 e. The normalized spacial score (nSPS) is 10.3. The zero-order valence-corrected chi connectivity index (χ0v) is 10.8. The fourth-order valence-corrected chi connectivity index (χ4v) is 1.90. The minimum atomic E-state index is -1.22. The van der Waals surface area contributed by atoms with Gasteiger partial charge in [0.1, 0.15) is 0 Å². The van der Waals surface area contributed by atoms with Crippen LogP contribution >= 0.6 is 0 Å². The lowest BCUT2D eigenvalue weighted by Crippen LogP contribution is -2.27. The Kier molecular flexibility index (Phi) is 4.82. The molecule has 0 heterocycles. The maximum atomic E-state index is 11.0. The van der Waals surface area contributed by atoms with Gasteiger partial charge in [0.2, 0.25) is 0 Å². The average molecular weight is 268 g/mol. The molecule has 0 saturated carbocycles. The summed E-state index contributed by atoms with van der Waals surface area (Å²) in [5.41, 5.74) is 0.489. The van der Waals surface area contributed by atoms with Gasteiger partial charge in [-0.15, -0.1) is 0 Å². The lowest BCUT2D eigenvalue weighted by atomic mass is 10.1. The van der Waals surface area contributed by atoms with Crippen LogP contribution in [-0.2, 0) is 0 Å². The first-order chi connectivity index (χ1) is 8.92. The third-order valence-corrected chi connectivity index (χ3v) is 2.89. The first kappa shape index (κ1) is 14.9. The first-order valence-electron chi connectivity index (χ1n) is 5.80. The number of rotatable bonds is 6. The molecule has 0 unspecified atom stereocenters. The van der Waals surface area contributed by atoms with Gasteiger partial charge < -0.3 is 15.1 Å². The number of nitrogens with zero attached hydrogens (tertiary/aromatic N) is 2.